The minimum Gasteiger partial charge on any atom is -0.489 e. The molecule has 0 atom stereocenters. The summed E-state index contributed by atoms with van der Waals surface area (Å²) in [5.74, 6) is 0.869. The lowest BCUT2D eigenvalue weighted by molar-refractivity contribution is 0.210. The molecule has 90 valence electrons. The molecule has 1 heteroatoms. The molecule has 0 amide bonds. The quantitative estimate of drug-likeness (QED) is 0.530. The van der Waals surface area contributed by atoms with E-state index in [4.69, 9.17) is 4.74 Å². The number of allylic oxidation sites excluding steroid dienone is 4. The van der Waals surface area contributed by atoms with Crippen molar-refractivity contribution < 1.29 is 4.74 Å². The van der Waals surface area contributed by atoms with Crippen molar-refractivity contribution in [1.29, 1.82) is 0 Å². The van der Waals surface area contributed by atoms with Gasteiger partial charge in [-0.3, -0.25) is 0 Å². The highest BCUT2D eigenvalue weighted by Crippen LogP contribution is 2.09. The Hall–Kier alpha value is -1.76. The van der Waals surface area contributed by atoms with E-state index in [0.29, 0.717) is 6.61 Å². The van der Waals surface area contributed by atoms with E-state index in [1.807, 2.05) is 32.1 Å². The number of hydrogen-bond donors (Lipinski definition) is 0. The van der Waals surface area contributed by atoms with E-state index in [2.05, 4.69) is 37.8 Å². The minimum absolute atomic E-state index is 0.598. The highest BCUT2D eigenvalue weighted by molar-refractivity contribution is 5.23. The van der Waals surface area contributed by atoms with Crippen molar-refractivity contribution in [2.75, 3.05) is 0 Å². The molecule has 0 aliphatic carbocycles. The van der Waals surface area contributed by atoms with E-state index in [9.17, 15) is 0 Å². The minimum atomic E-state index is 0.598. The maximum atomic E-state index is 5.70. The lowest BCUT2D eigenvalue weighted by atomic mass is 10.2. The van der Waals surface area contributed by atoms with Gasteiger partial charge in [0.2, 0.25) is 0 Å². The van der Waals surface area contributed by atoms with Crippen LogP contribution in [-0.2, 0) is 11.3 Å². The molecule has 1 aromatic carbocycles. The van der Waals surface area contributed by atoms with Crippen LogP contribution in [0.15, 0.2) is 60.4 Å². The molecule has 0 fully saturated rings. The lowest BCUT2D eigenvalue weighted by Gasteiger charge is -2.07. The predicted octanol–water partition coefficient (Wildman–Crippen LogP) is 4.55. The van der Waals surface area contributed by atoms with Crippen molar-refractivity contribution in [3.63, 3.8) is 0 Å². The second-order valence-electron chi connectivity index (χ2n) is 4.15. The van der Waals surface area contributed by atoms with Crippen LogP contribution in [-0.4, -0.2) is 0 Å². The summed E-state index contributed by atoms with van der Waals surface area (Å²) in [5, 5.41) is 0. The van der Waals surface area contributed by atoms with Gasteiger partial charge in [-0.05, 0) is 38.5 Å². The van der Waals surface area contributed by atoms with Crippen LogP contribution in [0.3, 0.4) is 0 Å². The summed E-state index contributed by atoms with van der Waals surface area (Å²) in [5.41, 5.74) is 3.46. The molecule has 17 heavy (non-hydrogen) atoms. The van der Waals surface area contributed by atoms with Crippen LogP contribution in [0, 0.1) is 6.92 Å². The third-order valence-corrected chi connectivity index (χ3v) is 2.34. The monoisotopic (exact) mass is 228 g/mol. The average molecular weight is 228 g/mol. The van der Waals surface area contributed by atoms with Gasteiger partial charge in [-0.25, -0.2) is 0 Å². The zero-order valence-electron chi connectivity index (χ0n) is 10.9. The molecular weight excluding hydrogens is 208 g/mol. The van der Waals surface area contributed by atoms with E-state index in [0.717, 1.165) is 11.3 Å². The molecule has 0 bridgehead atoms. The molecule has 0 saturated heterocycles. The second-order valence-corrected chi connectivity index (χ2v) is 4.15. The molecule has 1 aromatic rings. The van der Waals surface area contributed by atoms with Crippen LogP contribution in [0.1, 0.15) is 25.0 Å². The molecule has 0 N–H and O–H groups in total. The number of hydrogen-bond acceptors (Lipinski definition) is 1. The van der Waals surface area contributed by atoms with Gasteiger partial charge in [0.05, 0.1) is 0 Å². The number of rotatable bonds is 5. The van der Waals surface area contributed by atoms with Gasteiger partial charge in [0.25, 0.3) is 0 Å². The van der Waals surface area contributed by atoms with E-state index in [-0.39, 0.29) is 0 Å². The van der Waals surface area contributed by atoms with Gasteiger partial charge in [0, 0.05) is 0 Å². The van der Waals surface area contributed by atoms with Crippen molar-refractivity contribution in [2.24, 2.45) is 0 Å². The highest BCUT2D eigenvalue weighted by atomic mass is 16.5. The topological polar surface area (TPSA) is 9.23 Å². The Labute approximate surface area is 104 Å². The molecule has 0 unspecified atom stereocenters. The first-order valence-electron chi connectivity index (χ1n) is 5.80. The third kappa shape index (κ3) is 5.21. The number of ether oxygens (including phenoxy) is 1. The summed E-state index contributed by atoms with van der Waals surface area (Å²) < 4.78 is 5.70. The zero-order chi connectivity index (χ0) is 12.7. The number of benzene rings is 1. The molecular formula is C16H20O. The lowest BCUT2D eigenvalue weighted by Crippen LogP contribution is -1.91. The van der Waals surface area contributed by atoms with E-state index in [1.165, 1.54) is 11.1 Å². The summed E-state index contributed by atoms with van der Waals surface area (Å²) in [6.07, 6.45) is 5.84. The predicted molar refractivity (Wildman–Crippen MR) is 73.7 cm³/mol. The van der Waals surface area contributed by atoms with Crippen molar-refractivity contribution in [1.82, 2.24) is 0 Å². The van der Waals surface area contributed by atoms with Crippen LogP contribution in [0.4, 0.5) is 0 Å². The summed E-state index contributed by atoms with van der Waals surface area (Å²) in [6, 6.07) is 8.37. The third-order valence-electron chi connectivity index (χ3n) is 2.34. The summed E-state index contributed by atoms with van der Waals surface area (Å²) in [4.78, 5) is 0. The fraction of sp³-hybridized carbons (Fsp3) is 0.250. The first kappa shape index (κ1) is 13.3. The van der Waals surface area contributed by atoms with E-state index >= 15 is 0 Å². The number of aryl methyl sites for hydroxylation is 1. The van der Waals surface area contributed by atoms with Gasteiger partial charge in [-0.15, -0.1) is 0 Å². The first-order valence-corrected chi connectivity index (χ1v) is 5.80. The van der Waals surface area contributed by atoms with Gasteiger partial charge in [0.15, 0.2) is 0 Å². The molecule has 0 aliphatic rings. The van der Waals surface area contributed by atoms with Crippen molar-refractivity contribution in [3.05, 3.63) is 71.5 Å². The Bertz CT molecular complexity index is 421. The summed E-state index contributed by atoms with van der Waals surface area (Å²) in [6.45, 7) is 10.4. The van der Waals surface area contributed by atoms with Gasteiger partial charge in [0.1, 0.15) is 12.4 Å². The van der Waals surface area contributed by atoms with Crippen LogP contribution in [0.2, 0.25) is 0 Å². The average Bonchev–Trinajstić information content (AvgIpc) is 2.31. The smallest absolute Gasteiger partial charge is 0.115 e. The highest BCUT2D eigenvalue weighted by Gasteiger charge is 1.95. The Kier molecular flexibility index (Phi) is 5.28. The fourth-order valence-electron chi connectivity index (χ4n) is 1.30. The fourth-order valence-corrected chi connectivity index (χ4v) is 1.30. The van der Waals surface area contributed by atoms with Crippen LogP contribution < -0.4 is 0 Å². The molecule has 0 saturated carbocycles. The van der Waals surface area contributed by atoms with Crippen LogP contribution >= 0.6 is 0 Å². The van der Waals surface area contributed by atoms with Crippen LogP contribution in [0.25, 0.3) is 0 Å². The van der Waals surface area contributed by atoms with Gasteiger partial charge >= 0.3 is 0 Å². The second kappa shape index (κ2) is 6.74. The van der Waals surface area contributed by atoms with Crippen molar-refractivity contribution >= 4 is 0 Å². The van der Waals surface area contributed by atoms with Crippen LogP contribution in [0.5, 0.6) is 0 Å². The summed E-state index contributed by atoms with van der Waals surface area (Å²) in [7, 11) is 0. The zero-order valence-corrected chi connectivity index (χ0v) is 10.9. The van der Waals surface area contributed by atoms with Gasteiger partial charge < -0.3 is 4.74 Å². The molecule has 0 aliphatic heterocycles. The molecule has 0 spiro atoms. The Morgan fingerprint density at radius 3 is 2.41 bits per heavy atom. The maximum absolute atomic E-state index is 5.70. The Morgan fingerprint density at radius 1 is 1.24 bits per heavy atom. The molecule has 0 radical (unpaired) electrons. The Balaban J connectivity index is 2.54. The van der Waals surface area contributed by atoms with E-state index < -0.39 is 0 Å². The van der Waals surface area contributed by atoms with Crippen molar-refractivity contribution in [2.45, 2.75) is 27.4 Å². The molecule has 0 aromatic heterocycles. The standard InChI is InChI=1S/C16H20O/c1-5-16(11-6-13(2)3)17-12-15-9-7-14(4)8-10-15/h5-11H,2,12H2,1,3-4H3/b11-6-,16-5+. The molecule has 1 rings (SSSR count). The van der Waals surface area contributed by atoms with Crippen molar-refractivity contribution in [3.8, 4) is 0 Å². The van der Waals surface area contributed by atoms with Gasteiger partial charge in [-0.2, -0.15) is 0 Å². The van der Waals surface area contributed by atoms with E-state index in [1.54, 1.807) is 0 Å². The molecule has 1 nitrogen and oxygen atoms in total. The maximum Gasteiger partial charge on any atom is 0.115 e. The SMILES string of the molecule is C=C(C)/C=C\C(=C/C)OCc1ccc(C)cc1. The first-order chi connectivity index (χ1) is 8.11. The molecule has 0 heterocycles. The summed E-state index contributed by atoms with van der Waals surface area (Å²) >= 11 is 0. The normalized spacial score (nSPS) is 11.8. The largest absolute Gasteiger partial charge is 0.489 e. The van der Waals surface area contributed by atoms with Gasteiger partial charge in [-0.1, -0.05) is 48.1 Å². The Morgan fingerprint density at radius 2 is 1.88 bits per heavy atom.